The van der Waals surface area contributed by atoms with Crippen LogP contribution in [0.5, 0.6) is 5.75 Å². The highest BCUT2D eigenvalue weighted by Gasteiger charge is 2.29. The number of nitrogens with zero attached hydrogens (tertiary/aromatic N) is 3. The Bertz CT molecular complexity index is 718. The monoisotopic (exact) mass is 350 g/mol. The molecule has 2 N–H and O–H groups in total. The number of ether oxygens (including phenoxy) is 1. The summed E-state index contributed by atoms with van der Waals surface area (Å²) >= 11 is 1.52. The maximum absolute atomic E-state index is 13.5. The van der Waals surface area contributed by atoms with Gasteiger partial charge >= 0.3 is 0 Å². The number of rotatable bonds is 9. The van der Waals surface area contributed by atoms with Gasteiger partial charge in [-0.05, 0) is 25.0 Å². The van der Waals surface area contributed by atoms with E-state index in [1.165, 1.54) is 17.8 Å². The van der Waals surface area contributed by atoms with Crippen LogP contribution in [0.15, 0.2) is 29.4 Å². The van der Waals surface area contributed by atoms with E-state index < -0.39 is 0 Å². The fraction of sp³-hybridized carbons (Fsp3) is 0.438. The van der Waals surface area contributed by atoms with Gasteiger partial charge in [0.15, 0.2) is 16.7 Å². The van der Waals surface area contributed by atoms with Crippen LogP contribution in [0.1, 0.15) is 31.1 Å². The number of aryl methyl sites for hydroxylation is 1. The van der Waals surface area contributed by atoms with Crippen molar-refractivity contribution in [2.75, 3.05) is 12.4 Å². The number of primary amides is 1. The molecule has 3 rings (SSSR count). The van der Waals surface area contributed by atoms with Gasteiger partial charge in [0.1, 0.15) is 5.82 Å². The molecule has 0 saturated heterocycles. The normalized spacial score (nSPS) is 13.9. The first-order valence-electron chi connectivity index (χ1n) is 7.87. The first-order valence-corrected chi connectivity index (χ1v) is 8.86. The molecule has 0 spiro atoms. The predicted molar refractivity (Wildman–Crippen MR) is 88.4 cm³/mol. The number of carbonyl (C=O) groups excluding carboxylic acids is 1. The van der Waals surface area contributed by atoms with Crippen molar-refractivity contribution in [1.82, 2.24) is 14.8 Å². The van der Waals surface area contributed by atoms with E-state index >= 15 is 0 Å². The standard InChI is InChI=1S/C16H19FN4O2S/c17-12-3-1-2-4-13(12)23-9-10-24-16-20-19-15(8-7-14(18)22)21(16)11-5-6-11/h1-4,11H,5-10H2,(H2,18,22). The largest absolute Gasteiger partial charge is 0.490 e. The Hall–Kier alpha value is -2.09. The molecule has 1 aliphatic carbocycles. The van der Waals surface area contributed by atoms with Crippen molar-refractivity contribution < 1.29 is 13.9 Å². The Morgan fingerprint density at radius 3 is 2.88 bits per heavy atom. The third-order valence-electron chi connectivity index (χ3n) is 3.65. The van der Waals surface area contributed by atoms with Crippen molar-refractivity contribution in [3.63, 3.8) is 0 Å². The van der Waals surface area contributed by atoms with Crippen LogP contribution >= 0.6 is 11.8 Å². The number of amides is 1. The molecule has 6 nitrogen and oxygen atoms in total. The maximum Gasteiger partial charge on any atom is 0.217 e. The number of para-hydroxylation sites is 1. The molecule has 0 bridgehead atoms. The van der Waals surface area contributed by atoms with E-state index in [1.807, 2.05) is 0 Å². The van der Waals surface area contributed by atoms with E-state index in [4.69, 9.17) is 10.5 Å². The van der Waals surface area contributed by atoms with Crippen molar-refractivity contribution in [2.45, 2.75) is 36.9 Å². The van der Waals surface area contributed by atoms with Gasteiger partial charge in [-0.1, -0.05) is 23.9 Å². The number of halogens is 1. The maximum atomic E-state index is 13.5. The molecule has 1 heterocycles. The smallest absolute Gasteiger partial charge is 0.217 e. The minimum atomic E-state index is -0.364. The van der Waals surface area contributed by atoms with Crippen molar-refractivity contribution in [3.8, 4) is 5.75 Å². The topological polar surface area (TPSA) is 83.0 Å². The summed E-state index contributed by atoms with van der Waals surface area (Å²) in [5.41, 5.74) is 5.21. The number of nitrogens with two attached hydrogens (primary N) is 1. The molecule has 8 heteroatoms. The molecule has 1 saturated carbocycles. The molecule has 0 atom stereocenters. The molecule has 0 radical (unpaired) electrons. The minimum absolute atomic E-state index is 0.254. The molecule has 0 aliphatic heterocycles. The molecule has 128 valence electrons. The summed E-state index contributed by atoms with van der Waals surface area (Å²) in [5.74, 6) is 0.984. The van der Waals surface area contributed by atoms with E-state index in [1.54, 1.807) is 18.2 Å². The lowest BCUT2D eigenvalue weighted by Crippen LogP contribution is -2.13. The van der Waals surface area contributed by atoms with Crippen LogP contribution in [0, 0.1) is 5.82 Å². The lowest BCUT2D eigenvalue weighted by Gasteiger charge is -2.09. The van der Waals surface area contributed by atoms with Crippen LogP contribution < -0.4 is 10.5 Å². The lowest BCUT2D eigenvalue weighted by molar-refractivity contribution is -0.118. The summed E-state index contributed by atoms with van der Waals surface area (Å²) in [6.07, 6.45) is 2.97. The number of hydrogen-bond donors (Lipinski definition) is 1. The third-order valence-corrected chi connectivity index (χ3v) is 4.56. The molecule has 2 aromatic rings. The molecule has 0 unspecified atom stereocenters. The first kappa shape index (κ1) is 16.8. The Kier molecular flexibility index (Phi) is 5.34. The molecule has 24 heavy (non-hydrogen) atoms. The molecule has 1 aromatic carbocycles. The highest BCUT2D eigenvalue weighted by Crippen LogP contribution is 2.38. The van der Waals surface area contributed by atoms with Crippen molar-refractivity contribution in [1.29, 1.82) is 0 Å². The Balaban J connectivity index is 1.55. The second-order valence-corrected chi connectivity index (χ2v) is 6.66. The average molecular weight is 350 g/mol. The van der Waals surface area contributed by atoms with Gasteiger partial charge in [-0.2, -0.15) is 0 Å². The van der Waals surface area contributed by atoms with Crippen molar-refractivity contribution in [2.24, 2.45) is 5.73 Å². The predicted octanol–water partition coefficient (Wildman–Crippen LogP) is 2.34. The zero-order valence-corrected chi connectivity index (χ0v) is 14.0. The Labute approximate surface area is 143 Å². The van der Waals surface area contributed by atoms with Crippen molar-refractivity contribution >= 4 is 17.7 Å². The summed E-state index contributed by atoms with van der Waals surface area (Å²) in [6.45, 7) is 0.375. The molecular weight excluding hydrogens is 331 g/mol. The van der Waals surface area contributed by atoms with E-state index in [0.717, 1.165) is 23.8 Å². The van der Waals surface area contributed by atoms with Crippen LogP contribution in [-0.4, -0.2) is 33.0 Å². The SMILES string of the molecule is NC(=O)CCc1nnc(SCCOc2ccccc2F)n1C1CC1. The third kappa shape index (κ3) is 4.25. The number of hydrogen-bond acceptors (Lipinski definition) is 5. The highest BCUT2D eigenvalue weighted by atomic mass is 32.2. The average Bonchev–Trinajstić information content (AvgIpc) is 3.32. The van der Waals surface area contributed by atoms with Gasteiger partial charge in [0.2, 0.25) is 5.91 Å². The van der Waals surface area contributed by atoms with Crippen LogP contribution in [0.25, 0.3) is 0 Å². The Morgan fingerprint density at radius 2 is 2.17 bits per heavy atom. The summed E-state index contributed by atoms with van der Waals surface area (Å²) in [6, 6.07) is 6.76. The van der Waals surface area contributed by atoms with E-state index in [0.29, 0.717) is 24.8 Å². The molecule has 1 fully saturated rings. The summed E-state index contributed by atoms with van der Waals surface area (Å²) in [4.78, 5) is 11.0. The van der Waals surface area contributed by atoms with Gasteiger partial charge in [-0.15, -0.1) is 10.2 Å². The van der Waals surface area contributed by atoms with E-state index in [9.17, 15) is 9.18 Å². The van der Waals surface area contributed by atoms with Crippen molar-refractivity contribution in [3.05, 3.63) is 35.9 Å². The van der Waals surface area contributed by atoms with Gasteiger partial charge < -0.3 is 15.0 Å². The fourth-order valence-corrected chi connectivity index (χ4v) is 3.20. The summed E-state index contributed by atoms with van der Waals surface area (Å²) in [5, 5.41) is 9.21. The van der Waals surface area contributed by atoms with Gasteiger partial charge in [0.25, 0.3) is 0 Å². The van der Waals surface area contributed by atoms with Crippen LogP contribution in [0.3, 0.4) is 0 Å². The minimum Gasteiger partial charge on any atom is -0.490 e. The van der Waals surface area contributed by atoms with Gasteiger partial charge in [0, 0.05) is 24.6 Å². The highest BCUT2D eigenvalue weighted by molar-refractivity contribution is 7.99. The molecule has 1 aromatic heterocycles. The quantitative estimate of drug-likeness (QED) is 0.554. The molecule has 1 aliphatic rings. The molecular formula is C16H19FN4O2S. The fourth-order valence-electron chi connectivity index (χ4n) is 2.36. The van der Waals surface area contributed by atoms with Gasteiger partial charge in [-0.25, -0.2) is 4.39 Å². The van der Waals surface area contributed by atoms with Crippen LogP contribution in [-0.2, 0) is 11.2 Å². The van der Waals surface area contributed by atoms with E-state index in [2.05, 4.69) is 14.8 Å². The van der Waals surface area contributed by atoms with Gasteiger partial charge in [-0.3, -0.25) is 4.79 Å². The summed E-state index contributed by atoms with van der Waals surface area (Å²) < 4.78 is 21.0. The zero-order chi connectivity index (χ0) is 16.9. The van der Waals surface area contributed by atoms with Crippen LogP contribution in [0.4, 0.5) is 4.39 Å². The number of carbonyl (C=O) groups is 1. The first-order chi connectivity index (χ1) is 11.6. The van der Waals surface area contributed by atoms with E-state index in [-0.39, 0.29) is 23.9 Å². The zero-order valence-electron chi connectivity index (χ0n) is 13.2. The second kappa shape index (κ2) is 7.65. The molecule has 1 amide bonds. The number of thioether (sulfide) groups is 1. The lowest BCUT2D eigenvalue weighted by atomic mass is 10.3. The Morgan fingerprint density at radius 1 is 1.38 bits per heavy atom. The summed E-state index contributed by atoms with van der Waals surface area (Å²) in [7, 11) is 0. The van der Waals surface area contributed by atoms with Gasteiger partial charge in [0.05, 0.1) is 6.61 Å². The van der Waals surface area contributed by atoms with Crippen LogP contribution in [0.2, 0.25) is 0 Å². The second-order valence-electron chi connectivity index (χ2n) is 5.59. The number of benzene rings is 1. The number of aromatic nitrogens is 3.